The van der Waals surface area contributed by atoms with E-state index in [1.807, 2.05) is 30.3 Å². The maximum atomic E-state index is 13.7. The Balaban J connectivity index is 1.68. The summed E-state index contributed by atoms with van der Waals surface area (Å²) >= 11 is 6.03. The van der Waals surface area contributed by atoms with Gasteiger partial charge in [0.15, 0.2) is 11.6 Å². The van der Waals surface area contributed by atoms with Crippen molar-refractivity contribution in [3.63, 3.8) is 0 Å². The average Bonchev–Trinajstić information content (AvgIpc) is 2.83. The third-order valence-corrected chi connectivity index (χ3v) is 6.10. The summed E-state index contributed by atoms with van der Waals surface area (Å²) in [7, 11) is 0. The highest BCUT2D eigenvalue weighted by atomic mass is 35.5. The number of amides is 1. The average molecular weight is 482 g/mol. The topological polar surface area (TPSA) is 46.6 Å². The molecule has 1 atom stereocenters. The van der Waals surface area contributed by atoms with E-state index >= 15 is 0 Å². The van der Waals surface area contributed by atoms with Crippen molar-refractivity contribution < 1.29 is 23.1 Å². The van der Waals surface area contributed by atoms with Gasteiger partial charge in [-0.2, -0.15) is 0 Å². The summed E-state index contributed by atoms with van der Waals surface area (Å²) in [5, 5.41) is 0.541. The Bertz CT molecular complexity index is 1240. The van der Waals surface area contributed by atoms with Crippen molar-refractivity contribution in [3.05, 3.63) is 117 Å². The molecule has 3 aromatic rings. The molecule has 0 bridgehead atoms. The number of nitrogens with zero attached hydrogens (tertiary/aromatic N) is 1. The molecule has 0 spiro atoms. The van der Waals surface area contributed by atoms with E-state index < -0.39 is 23.5 Å². The van der Waals surface area contributed by atoms with Gasteiger partial charge in [-0.05, 0) is 47.9 Å². The van der Waals surface area contributed by atoms with Crippen LogP contribution in [0.5, 0.6) is 0 Å². The molecule has 0 fully saturated rings. The molecular formula is C27H22ClF2NO3. The fourth-order valence-corrected chi connectivity index (χ4v) is 4.20. The van der Waals surface area contributed by atoms with Gasteiger partial charge in [-0.25, -0.2) is 13.6 Å². The van der Waals surface area contributed by atoms with Crippen LogP contribution < -0.4 is 0 Å². The number of ether oxygens (including phenoxy) is 1. The molecule has 1 unspecified atom stereocenters. The van der Waals surface area contributed by atoms with Crippen LogP contribution in [0.15, 0.2) is 84.1 Å². The van der Waals surface area contributed by atoms with Crippen LogP contribution >= 0.6 is 11.6 Å². The van der Waals surface area contributed by atoms with E-state index in [1.165, 1.54) is 11.0 Å². The number of hydrogen-bond donors (Lipinski definition) is 0. The van der Waals surface area contributed by atoms with Crippen LogP contribution in [0.4, 0.5) is 8.78 Å². The van der Waals surface area contributed by atoms with Crippen LogP contribution in [0.2, 0.25) is 5.02 Å². The normalized spacial score (nSPS) is 16.1. The Labute approximate surface area is 201 Å². The van der Waals surface area contributed by atoms with Gasteiger partial charge in [0.25, 0.3) is 0 Å². The molecule has 1 aliphatic heterocycles. The summed E-state index contributed by atoms with van der Waals surface area (Å²) in [5.74, 6) is -3.25. The molecule has 1 aliphatic rings. The lowest BCUT2D eigenvalue weighted by Crippen LogP contribution is -2.38. The van der Waals surface area contributed by atoms with Gasteiger partial charge in [0.1, 0.15) is 6.61 Å². The van der Waals surface area contributed by atoms with Gasteiger partial charge in [-0.1, -0.05) is 60.1 Å². The van der Waals surface area contributed by atoms with Gasteiger partial charge < -0.3 is 9.64 Å². The highest BCUT2D eigenvalue weighted by molar-refractivity contribution is 6.30. The lowest BCUT2D eigenvalue weighted by molar-refractivity contribution is -0.141. The Morgan fingerprint density at radius 3 is 2.38 bits per heavy atom. The first-order valence-electron chi connectivity index (χ1n) is 10.7. The van der Waals surface area contributed by atoms with E-state index in [0.717, 1.165) is 23.3 Å². The van der Waals surface area contributed by atoms with Crippen LogP contribution in [-0.2, 0) is 27.5 Å². The monoisotopic (exact) mass is 481 g/mol. The van der Waals surface area contributed by atoms with Gasteiger partial charge in [0.05, 0.1) is 12.1 Å². The van der Waals surface area contributed by atoms with Crippen LogP contribution in [0.3, 0.4) is 0 Å². The number of halogens is 3. The van der Waals surface area contributed by atoms with Crippen molar-refractivity contribution in [3.8, 4) is 0 Å². The minimum Gasteiger partial charge on any atom is -0.457 e. The number of carbonyl (C=O) groups is 2. The number of allylic oxidation sites excluding steroid dienone is 1. The quantitative estimate of drug-likeness (QED) is 0.397. The van der Waals surface area contributed by atoms with Crippen LogP contribution in [-0.4, -0.2) is 16.8 Å². The van der Waals surface area contributed by atoms with Crippen LogP contribution in [0.1, 0.15) is 36.0 Å². The summed E-state index contributed by atoms with van der Waals surface area (Å²) in [4.78, 5) is 27.8. The van der Waals surface area contributed by atoms with Gasteiger partial charge >= 0.3 is 5.97 Å². The summed E-state index contributed by atoms with van der Waals surface area (Å²) in [6.45, 7) is 1.75. The van der Waals surface area contributed by atoms with Crippen molar-refractivity contribution in [2.45, 2.75) is 32.4 Å². The number of esters is 1. The third kappa shape index (κ3) is 5.18. The van der Waals surface area contributed by atoms with E-state index in [1.54, 1.807) is 31.2 Å². The lowest BCUT2D eigenvalue weighted by Gasteiger charge is -2.34. The van der Waals surface area contributed by atoms with Gasteiger partial charge in [-0.3, -0.25) is 4.79 Å². The maximum absolute atomic E-state index is 13.7. The zero-order valence-corrected chi connectivity index (χ0v) is 19.2. The largest absolute Gasteiger partial charge is 0.457 e. The Morgan fingerprint density at radius 1 is 1.00 bits per heavy atom. The highest BCUT2D eigenvalue weighted by Crippen LogP contribution is 2.38. The number of hydrogen-bond acceptors (Lipinski definition) is 3. The first-order chi connectivity index (χ1) is 16.3. The first kappa shape index (κ1) is 23.6. The molecule has 0 saturated carbocycles. The van der Waals surface area contributed by atoms with E-state index in [0.29, 0.717) is 21.9 Å². The molecule has 0 radical (unpaired) electrons. The molecule has 0 saturated heterocycles. The van der Waals surface area contributed by atoms with Crippen LogP contribution in [0.25, 0.3) is 0 Å². The lowest BCUT2D eigenvalue weighted by atomic mass is 9.83. The Morgan fingerprint density at radius 2 is 1.71 bits per heavy atom. The summed E-state index contributed by atoms with van der Waals surface area (Å²) in [6, 6.07) is 19.7. The maximum Gasteiger partial charge on any atom is 0.336 e. The van der Waals surface area contributed by atoms with E-state index in [4.69, 9.17) is 16.3 Å². The molecule has 4 nitrogen and oxygen atoms in total. The van der Waals surface area contributed by atoms with Gasteiger partial charge in [-0.15, -0.1) is 0 Å². The number of carbonyl (C=O) groups excluding carboxylic acids is 2. The Kier molecular flexibility index (Phi) is 7.08. The zero-order chi connectivity index (χ0) is 24.2. The Hall–Kier alpha value is -3.51. The minimum atomic E-state index is -0.995. The fraction of sp³-hybridized carbons (Fsp3) is 0.185. The van der Waals surface area contributed by atoms with Crippen molar-refractivity contribution in [1.29, 1.82) is 0 Å². The molecule has 174 valence electrons. The summed E-state index contributed by atoms with van der Waals surface area (Å²) < 4.78 is 32.7. The molecule has 3 aromatic carbocycles. The molecule has 4 rings (SSSR count). The van der Waals surface area contributed by atoms with E-state index in [2.05, 4.69) is 0 Å². The van der Waals surface area contributed by atoms with Gasteiger partial charge in [0, 0.05) is 23.1 Å². The second-order valence-corrected chi connectivity index (χ2v) is 8.53. The SMILES string of the molecule is CC1=C(C(=O)OCc2ccccc2)C(c2ccc(Cl)cc2)CC(=O)N1Cc1ccc(F)c(F)c1. The third-order valence-electron chi connectivity index (χ3n) is 5.85. The second-order valence-electron chi connectivity index (χ2n) is 8.10. The van der Waals surface area contributed by atoms with Crippen molar-refractivity contribution in [2.75, 3.05) is 0 Å². The summed E-state index contributed by atoms with van der Waals surface area (Å²) in [5.41, 5.74) is 2.77. The van der Waals surface area contributed by atoms with Crippen molar-refractivity contribution in [1.82, 2.24) is 4.90 Å². The zero-order valence-electron chi connectivity index (χ0n) is 18.4. The highest BCUT2D eigenvalue weighted by Gasteiger charge is 2.37. The fourth-order valence-electron chi connectivity index (χ4n) is 4.07. The predicted molar refractivity (Wildman–Crippen MR) is 125 cm³/mol. The van der Waals surface area contributed by atoms with Crippen molar-refractivity contribution in [2.24, 2.45) is 0 Å². The molecule has 7 heteroatoms. The molecule has 0 aliphatic carbocycles. The van der Waals surface area contributed by atoms with Crippen LogP contribution in [0, 0.1) is 11.6 Å². The molecule has 34 heavy (non-hydrogen) atoms. The smallest absolute Gasteiger partial charge is 0.336 e. The second kappa shape index (κ2) is 10.2. The molecular weight excluding hydrogens is 460 g/mol. The van der Waals surface area contributed by atoms with E-state index in [9.17, 15) is 18.4 Å². The predicted octanol–water partition coefficient (Wildman–Crippen LogP) is 6.15. The summed E-state index contributed by atoms with van der Waals surface area (Å²) in [6.07, 6.45) is 0.0262. The van der Waals surface area contributed by atoms with E-state index in [-0.39, 0.29) is 25.5 Å². The molecule has 0 N–H and O–H groups in total. The number of rotatable bonds is 6. The first-order valence-corrected chi connectivity index (χ1v) is 11.1. The molecule has 0 aromatic heterocycles. The number of benzene rings is 3. The van der Waals surface area contributed by atoms with Crippen molar-refractivity contribution >= 4 is 23.5 Å². The minimum absolute atomic E-state index is 0.00463. The molecule has 1 heterocycles. The molecule has 1 amide bonds. The standard InChI is InChI=1S/C27H22ClF2NO3/c1-17-26(27(33)34-16-18-5-3-2-4-6-18)22(20-8-10-21(28)11-9-20)14-25(32)31(17)15-19-7-12-23(29)24(30)13-19/h2-13,22H,14-16H2,1H3. The van der Waals surface area contributed by atoms with Gasteiger partial charge in [0.2, 0.25) is 5.91 Å².